The van der Waals surface area contributed by atoms with Crippen LogP contribution in [0.5, 0.6) is 11.5 Å². The third-order valence-electron chi connectivity index (χ3n) is 4.87. The van der Waals surface area contributed by atoms with Crippen molar-refractivity contribution in [1.29, 1.82) is 0 Å². The molecule has 3 N–H and O–H groups in total. The fourth-order valence-corrected chi connectivity index (χ4v) is 3.27. The summed E-state index contributed by atoms with van der Waals surface area (Å²) in [5.74, 6) is -0.338. The number of rotatable bonds is 7. The zero-order chi connectivity index (χ0) is 21.0. The number of nitrogens with two attached hydrogens (primary N) is 1. The Morgan fingerprint density at radius 2 is 1.52 bits per heavy atom. The molecule has 0 saturated heterocycles. The lowest BCUT2D eigenvalue weighted by molar-refractivity contribution is 0.399. The number of anilines is 1. The maximum atomic E-state index is 13.7. The van der Waals surface area contributed by atoms with E-state index in [4.69, 9.17) is 15.2 Å². The molecule has 0 heterocycles. The van der Waals surface area contributed by atoms with E-state index in [-0.39, 0.29) is 12.1 Å². The monoisotopic (exact) mass is 398 g/mol. The molecule has 0 aliphatic rings. The smallest absolute Gasteiger partial charge is 0.159 e. The SMILES string of the molecule is COc1ccc(C(NC(C)c2ccc(F)c(F)c2)c2cc(N)ccc2OC)cc1. The molecule has 3 aromatic rings. The second-order valence-electron chi connectivity index (χ2n) is 6.77. The van der Waals surface area contributed by atoms with Crippen LogP contribution in [0.25, 0.3) is 0 Å². The van der Waals surface area contributed by atoms with Crippen LogP contribution in [0, 0.1) is 11.6 Å². The van der Waals surface area contributed by atoms with Gasteiger partial charge in [-0.25, -0.2) is 8.78 Å². The molecule has 2 unspecified atom stereocenters. The largest absolute Gasteiger partial charge is 0.497 e. The van der Waals surface area contributed by atoms with Crippen LogP contribution in [0.15, 0.2) is 60.7 Å². The first-order valence-corrected chi connectivity index (χ1v) is 9.21. The summed E-state index contributed by atoms with van der Waals surface area (Å²) in [6, 6.07) is 16.4. The van der Waals surface area contributed by atoms with Crippen molar-refractivity contribution in [3.8, 4) is 11.5 Å². The summed E-state index contributed by atoms with van der Waals surface area (Å²) in [4.78, 5) is 0. The molecule has 0 aromatic heterocycles. The molecule has 4 nitrogen and oxygen atoms in total. The highest BCUT2D eigenvalue weighted by Gasteiger charge is 2.22. The zero-order valence-corrected chi connectivity index (χ0v) is 16.6. The van der Waals surface area contributed by atoms with Gasteiger partial charge in [-0.2, -0.15) is 0 Å². The van der Waals surface area contributed by atoms with Crippen molar-refractivity contribution in [2.24, 2.45) is 0 Å². The van der Waals surface area contributed by atoms with Crippen molar-refractivity contribution in [3.63, 3.8) is 0 Å². The maximum Gasteiger partial charge on any atom is 0.159 e. The Hall–Kier alpha value is -3.12. The van der Waals surface area contributed by atoms with E-state index >= 15 is 0 Å². The highest BCUT2D eigenvalue weighted by molar-refractivity contribution is 5.52. The average molecular weight is 398 g/mol. The summed E-state index contributed by atoms with van der Waals surface area (Å²) in [6.07, 6.45) is 0. The minimum absolute atomic E-state index is 0.275. The lowest BCUT2D eigenvalue weighted by Crippen LogP contribution is -2.26. The third-order valence-corrected chi connectivity index (χ3v) is 4.87. The second kappa shape index (κ2) is 8.92. The molecule has 6 heteroatoms. The molecular weight excluding hydrogens is 374 g/mol. The molecule has 0 spiro atoms. The summed E-state index contributed by atoms with van der Waals surface area (Å²) in [6.45, 7) is 1.89. The van der Waals surface area contributed by atoms with Crippen LogP contribution in [0.4, 0.5) is 14.5 Å². The van der Waals surface area contributed by atoms with Crippen molar-refractivity contribution in [2.75, 3.05) is 20.0 Å². The summed E-state index contributed by atoms with van der Waals surface area (Å²) in [5.41, 5.74) is 9.04. The summed E-state index contributed by atoms with van der Waals surface area (Å²) < 4.78 is 37.8. The predicted octanol–water partition coefficient (Wildman–Crippen LogP) is 5.00. The van der Waals surface area contributed by atoms with Gasteiger partial charge in [-0.15, -0.1) is 0 Å². The van der Waals surface area contributed by atoms with E-state index in [1.54, 1.807) is 26.4 Å². The van der Waals surface area contributed by atoms with E-state index in [2.05, 4.69) is 5.32 Å². The van der Waals surface area contributed by atoms with Crippen molar-refractivity contribution in [1.82, 2.24) is 5.32 Å². The minimum Gasteiger partial charge on any atom is -0.497 e. The van der Waals surface area contributed by atoms with Crippen LogP contribution >= 0.6 is 0 Å². The van der Waals surface area contributed by atoms with Crippen LogP contribution in [0.3, 0.4) is 0 Å². The molecule has 3 aromatic carbocycles. The minimum atomic E-state index is -0.876. The normalized spacial score (nSPS) is 13.0. The fraction of sp³-hybridized carbons (Fsp3) is 0.217. The number of hydrogen-bond acceptors (Lipinski definition) is 4. The van der Waals surface area contributed by atoms with Crippen molar-refractivity contribution >= 4 is 5.69 Å². The summed E-state index contributed by atoms with van der Waals surface area (Å²) in [7, 11) is 3.20. The molecule has 29 heavy (non-hydrogen) atoms. The van der Waals surface area contributed by atoms with Crippen LogP contribution < -0.4 is 20.5 Å². The lowest BCUT2D eigenvalue weighted by Gasteiger charge is -2.26. The van der Waals surface area contributed by atoms with Crippen LogP contribution in [0.2, 0.25) is 0 Å². The van der Waals surface area contributed by atoms with Gasteiger partial charge < -0.3 is 15.2 Å². The molecule has 0 radical (unpaired) electrons. The number of halogens is 2. The van der Waals surface area contributed by atoms with Gasteiger partial charge in [0, 0.05) is 17.3 Å². The summed E-state index contributed by atoms with van der Waals surface area (Å²) >= 11 is 0. The number of benzene rings is 3. The molecule has 0 aliphatic heterocycles. The van der Waals surface area contributed by atoms with E-state index in [0.29, 0.717) is 17.0 Å². The molecule has 0 fully saturated rings. The Kier molecular flexibility index (Phi) is 6.34. The van der Waals surface area contributed by atoms with E-state index in [1.807, 2.05) is 43.3 Å². The Balaban J connectivity index is 2.02. The quantitative estimate of drug-likeness (QED) is 0.550. The number of ether oxygens (including phenoxy) is 2. The maximum absolute atomic E-state index is 13.7. The van der Waals surface area contributed by atoms with Gasteiger partial charge in [0.25, 0.3) is 0 Å². The van der Waals surface area contributed by atoms with Gasteiger partial charge in [0.15, 0.2) is 11.6 Å². The fourth-order valence-electron chi connectivity index (χ4n) is 3.27. The number of nitrogens with one attached hydrogen (secondary N) is 1. The lowest BCUT2D eigenvalue weighted by atomic mass is 9.95. The first-order valence-electron chi connectivity index (χ1n) is 9.21. The highest BCUT2D eigenvalue weighted by atomic mass is 19.2. The number of hydrogen-bond donors (Lipinski definition) is 2. The topological polar surface area (TPSA) is 56.5 Å². The number of nitrogen functional groups attached to an aromatic ring is 1. The van der Waals surface area contributed by atoms with Crippen LogP contribution in [-0.4, -0.2) is 14.2 Å². The van der Waals surface area contributed by atoms with Crippen LogP contribution in [-0.2, 0) is 0 Å². The number of methoxy groups -OCH3 is 2. The molecule has 3 rings (SSSR count). The van der Waals surface area contributed by atoms with E-state index in [1.165, 1.54) is 6.07 Å². The van der Waals surface area contributed by atoms with Gasteiger partial charge in [0.1, 0.15) is 11.5 Å². The average Bonchev–Trinajstić information content (AvgIpc) is 2.74. The zero-order valence-electron chi connectivity index (χ0n) is 16.6. The molecule has 152 valence electrons. The van der Waals surface area contributed by atoms with E-state index < -0.39 is 11.6 Å². The van der Waals surface area contributed by atoms with Gasteiger partial charge in [0.05, 0.1) is 20.3 Å². The first kappa shape index (κ1) is 20.6. The third kappa shape index (κ3) is 4.66. The van der Waals surface area contributed by atoms with Gasteiger partial charge in [0.2, 0.25) is 0 Å². The first-order chi connectivity index (χ1) is 13.9. The predicted molar refractivity (Wildman–Crippen MR) is 110 cm³/mol. The standard InChI is InChI=1S/C23H24F2N2O2/c1-14(16-6-10-20(24)21(25)12-16)27-23(15-4-8-18(28-2)9-5-15)19-13-17(26)7-11-22(19)29-3/h4-14,23,27H,26H2,1-3H3. The van der Waals surface area contributed by atoms with Crippen molar-refractivity contribution in [3.05, 3.63) is 89.0 Å². The van der Waals surface area contributed by atoms with Crippen molar-refractivity contribution in [2.45, 2.75) is 19.0 Å². The van der Waals surface area contributed by atoms with E-state index in [0.717, 1.165) is 22.9 Å². The molecule has 2 atom stereocenters. The second-order valence-corrected chi connectivity index (χ2v) is 6.77. The van der Waals surface area contributed by atoms with Gasteiger partial charge in [-0.3, -0.25) is 5.32 Å². The Morgan fingerprint density at radius 1 is 0.828 bits per heavy atom. The molecule has 0 saturated carbocycles. The van der Waals surface area contributed by atoms with Crippen LogP contribution in [0.1, 0.15) is 35.7 Å². The van der Waals surface area contributed by atoms with Gasteiger partial charge in [-0.1, -0.05) is 18.2 Å². The molecule has 0 bridgehead atoms. The summed E-state index contributed by atoms with van der Waals surface area (Å²) in [5, 5.41) is 3.49. The molecular formula is C23H24F2N2O2. The Labute approximate surface area is 169 Å². The Bertz CT molecular complexity index is 977. The van der Waals surface area contributed by atoms with Gasteiger partial charge in [-0.05, 0) is 60.5 Å². The van der Waals surface area contributed by atoms with Gasteiger partial charge >= 0.3 is 0 Å². The molecule has 0 amide bonds. The van der Waals surface area contributed by atoms with Crippen molar-refractivity contribution < 1.29 is 18.3 Å². The highest BCUT2D eigenvalue weighted by Crippen LogP contribution is 2.34. The molecule has 0 aliphatic carbocycles. The Morgan fingerprint density at radius 3 is 2.14 bits per heavy atom. The van der Waals surface area contributed by atoms with E-state index in [9.17, 15) is 8.78 Å².